The average Bonchev–Trinajstić information content (AvgIpc) is 2.91. The molecule has 0 aliphatic rings. The molecule has 0 saturated heterocycles. The first-order valence-corrected chi connectivity index (χ1v) is 7.58. The van der Waals surface area contributed by atoms with Gasteiger partial charge in [-0.3, -0.25) is 4.79 Å². The summed E-state index contributed by atoms with van der Waals surface area (Å²) >= 11 is 1.71. The smallest absolute Gasteiger partial charge is 0.291 e. The molecule has 104 valence electrons. The molecule has 0 unspecified atom stereocenters. The highest BCUT2D eigenvalue weighted by molar-refractivity contribution is 7.20. The number of aryl methyl sites for hydroxylation is 2. The van der Waals surface area contributed by atoms with Gasteiger partial charge >= 0.3 is 0 Å². The Morgan fingerprint density at radius 3 is 3.00 bits per heavy atom. The maximum absolute atomic E-state index is 12.6. The molecular formula is C15H17N3OS. The molecule has 4 nitrogen and oxygen atoms in total. The lowest BCUT2D eigenvalue weighted by Crippen LogP contribution is -2.24. The summed E-state index contributed by atoms with van der Waals surface area (Å²) in [7, 11) is 0. The summed E-state index contributed by atoms with van der Waals surface area (Å²) in [6, 6.07) is 2.13. The van der Waals surface area contributed by atoms with Crippen molar-refractivity contribution < 1.29 is 0 Å². The van der Waals surface area contributed by atoms with Crippen LogP contribution in [-0.4, -0.2) is 14.3 Å². The van der Waals surface area contributed by atoms with Crippen molar-refractivity contribution in [2.45, 2.75) is 33.4 Å². The van der Waals surface area contributed by atoms with E-state index in [4.69, 9.17) is 0 Å². The number of rotatable bonds is 4. The minimum absolute atomic E-state index is 0.00717. The minimum atomic E-state index is -0.00717. The normalized spacial score (nSPS) is 11.5. The molecule has 3 aromatic heterocycles. The van der Waals surface area contributed by atoms with E-state index >= 15 is 0 Å². The highest BCUT2D eigenvalue weighted by Gasteiger charge is 2.16. The van der Waals surface area contributed by atoms with Gasteiger partial charge < -0.3 is 4.57 Å². The van der Waals surface area contributed by atoms with Crippen LogP contribution >= 0.6 is 11.3 Å². The number of allylic oxidation sites excluding steroid dienone is 1. The van der Waals surface area contributed by atoms with Crippen LogP contribution in [0.1, 0.15) is 18.2 Å². The van der Waals surface area contributed by atoms with E-state index in [0.717, 1.165) is 27.5 Å². The van der Waals surface area contributed by atoms with E-state index in [9.17, 15) is 4.79 Å². The third kappa shape index (κ3) is 1.81. The maximum atomic E-state index is 12.6. The zero-order valence-electron chi connectivity index (χ0n) is 11.7. The van der Waals surface area contributed by atoms with Crippen molar-refractivity contribution in [1.82, 2.24) is 14.3 Å². The summed E-state index contributed by atoms with van der Waals surface area (Å²) in [5.74, 6) is 0. The number of nitrogens with zero attached hydrogens (tertiary/aromatic N) is 3. The zero-order valence-corrected chi connectivity index (χ0v) is 12.5. The van der Waals surface area contributed by atoms with Gasteiger partial charge in [-0.1, -0.05) is 13.0 Å². The van der Waals surface area contributed by atoms with Crippen LogP contribution in [0.3, 0.4) is 0 Å². The van der Waals surface area contributed by atoms with Crippen molar-refractivity contribution >= 4 is 32.5 Å². The van der Waals surface area contributed by atoms with Gasteiger partial charge in [0.05, 0.1) is 16.4 Å². The van der Waals surface area contributed by atoms with Gasteiger partial charge in [-0.25, -0.2) is 4.68 Å². The van der Waals surface area contributed by atoms with Gasteiger partial charge in [-0.2, -0.15) is 5.10 Å². The SMILES string of the molecule is C=CCn1c2cc(C)sc2c2cnn(CCC)c(=O)c21. The first-order valence-electron chi connectivity index (χ1n) is 6.76. The van der Waals surface area contributed by atoms with E-state index in [2.05, 4.69) is 29.2 Å². The number of hydrogen-bond donors (Lipinski definition) is 0. The molecule has 0 aliphatic carbocycles. The van der Waals surface area contributed by atoms with Crippen LogP contribution in [0.2, 0.25) is 0 Å². The fourth-order valence-electron chi connectivity index (χ4n) is 2.61. The molecule has 0 aromatic carbocycles. The summed E-state index contributed by atoms with van der Waals surface area (Å²) in [6.07, 6.45) is 4.55. The van der Waals surface area contributed by atoms with Gasteiger partial charge in [-0.05, 0) is 19.4 Å². The van der Waals surface area contributed by atoms with Crippen LogP contribution in [-0.2, 0) is 13.1 Å². The van der Waals surface area contributed by atoms with Gasteiger partial charge in [0.1, 0.15) is 5.52 Å². The van der Waals surface area contributed by atoms with E-state index in [1.807, 2.05) is 19.2 Å². The lowest BCUT2D eigenvalue weighted by atomic mass is 10.3. The second-order valence-electron chi connectivity index (χ2n) is 4.91. The first kappa shape index (κ1) is 13.1. The molecule has 0 fully saturated rings. The number of fused-ring (bicyclic) bond motifs is 3. The van der Waals surface area contributed by atoms with Crippen LogP contribution in [0.4, 0.5) is 0 Å². The van der Waals surface area contributed by atoms with E-state index in [0.29, 0.717) is 13.1 Å². The quantitative estimate of drug-likeness (QED) is 0.691. The van der Waals surface area contributed by atoms with E-state index < -0.39 is 0 Å². The van der Waals surface area contributed by atoms with Gasteiger partial charge in [0.15, 0.2) is 0 Å². The molecule has 0 aliphatic heterocycles. The third-order valence-electron chi connectivity index (χ3n) is 3.41. The number of aromatic nitrogens is 3. The van der Waals surface area contributed by atoms with Crippen LogP contribution in [0.15, 0.2) is 29.7 Å². The molecule has 0 amide bonds. The highest BCUT2D eigenvalue weighted by atomic mass is 32.1. The van der Waals surface area contributed by atoms with E-state index in [-0.39, 0.29) is 5.56 Å². The Kier molecular flexibility index (Phi) is 3.22. The molecule has 3 heterocycles. The van der Waals surface area contributed by atoms with Gasteiger partial charge in [0.2, 0.25) is 0 Å². The predicted molar refractivity (Wildman–Crippen MR) is 84.6 cm³/mol. The summed E-state index contributed by atoms with van der Waals surface area (Å²) in [4.78, 5) is 13.9. The van der Waals surface area contributed by atoms with Crippen LogP contribution in [0.25, 0.3) is 21.1 Å². The Labute approximate surface area is 120 Å². The fourth-order valence-corrected chi connectivity index (χ4v) is 3.64. The Balaban J connectivity index is 2.44. The highest BCUT2D eigenvalue weighted by Crippen LogP contribution is 2.33. The Morgan fingerprint density at radius 1 is 1.50 bits per heavy atom. The van der Waals surface area contributed by atoms with E-state index in [1.165, 1.54) is 4.88 Å². The van der Waals surface area contributed by atoms with Gasteiger partial charge in [-0.15, -0.1) is 17.9 Å². The minimum Gasteiger partial charge on any atom is -0.331 e. The molecule has 5 heteroatoms. The average molecular weight is 287 g/mol. The lowest BCUT2D eigenvalue weighted by Gasteiger charge is -2.05. The van der Waals surface area contributed by atoms with Crippen molar-refractivity contribution in [2.24, 2.45) is 0 Å². The summed E-state index contributed by atoms with van der Waals surface area (Å²) in [5.41, 5.74) is 1.84. The molecule has 20 heavy (non-hydrogen) atoms. The molecule has 0 bridgehead atoms. The standard InChI is InChI=1S/C15H17N3OS/c1-4-6-17-12-8-10(3)20-14(12)11-9-16-18(7-5-2)15(19)13(11)17/h4,8-9H,1,5-7H2,2-3H3. The third-order valence-corrected chi connectivity index (χ3v) is 4.48. The number of thiophene rings is 1. The molecule has 0 atom stereocenters. The van der Waals surface area contributed by atoms with Crippen molar-refractivity contribution in [3.05, 3.63) is 40.1 Å². The molecule has 0 radical (unpaired) electrons. The van der Waals surface area contributed by atoms with E-state index in [1.54, 1.807) is 16.0 Å². The Bertz CT molecular complexity index is 853. The zero-order chi connectivity index (χ0) is 14.3. The maximum Gasteiger partial charge on any atom is 0.291 e. The molecular weight excluding hydrogens is 270 g/mol. The second-order valence-corrected chi connectivity index (χ2v) is 6.16. The van der Waals surface area contributed by atoms with Gasteiger partial charge in [0.25, 0.3) is 5.56 Å². The summed E-state index contributed by atoms with van der Waals surface area (Å²) in [5, 5.41) is 5.26. The molecule has 3 aromatic rings. The van der Waals surface area contributed by atoms with Crippen molar-refractivity contribution in [1.29, 1.82) is 0 Å². The largest absolute Gasteiger partial charge is 0.331 e. The summed E-state index contributed by atoms with van der Waals surface area (Å²) < 4.78 is 4.75. The topological polar surface area (TPSA) is 39.8 Å². The Hall–Kier alpha value is -1.88. The van der Waals surface area contributed by atoms with Crippen molar-refractivity contribution in [2.75, 3.05) is 0 Å². The summed E-state index contributed by atoms with van der Waals surface area (Å²) in [6.45, 7) is 9.22. The second kappa shape index (κ2) is 4.90. The number of hydrogen-bond acceptors (Lipinski definition) is 3. The lowest BCUT2D eigenvalue weighted by molar-refractivity contribution is 0.571. The van der Waals surface area contributed by atoms with Crippen LogP contribution < -0.4 is 5.56 Å². The van der Waals surface area contributed by atoms with Crippen LogP contribution in [0, 0.1) is 6.92 Å². The molecule has 0 saturated carbocycles. The monoisotopic (exact) mass is 287 g/mol. The van der Waals surface area contributed by atoms with Crippen LogP contribution in [0.5, 0.6) is 0 Å². The van der Waals surface area contributed by atoms with Gasteiger partial charge in [0, 0.05) is 23.4 Å². The molecule has 0 N–H and O–H groups in total. The Morgan fingerprint density at radius 2 is 2.30 bits per heavy atom. The molecule has 0 spiro atoms. The predicted octanol–water partition coefficient (Wildman–Crippen LogP) is 3.32. The fraction of sp³-hybridized carbons (Fsp3) is 0.333. The first-order chi connectivity index (χ1) is 9.67. The van der Waals surface area contributed by atoms with Crippen molar-refractivity contribution in [3.8, 4) is 0 Å². The van der Waals surface area contributed by atoms with Crippen molar-refractivity contribution in [3.63, 3.8) is 0 Å². The molecule has 3 rings (SSSR count).